The molecule has 138 valence electrons. The first-order valence-electron chi connectivity index (χ1n) is 8.18. The van der Waals surface area contributed by atoms with Crippen molar-refractivity contribution in [3.63, 3.8) is 0 Å². The minimum Gasteiger partial charge on any atom is -0.463 e. The molecule has 0 bridgehead atoms. The Labute approximate surface area is 146 Å². The average molecular weight is 353 g/mol. The Morgan fingerprint density at radius 3 is 2.24 bits per heavy atom. The van der Waals surface area contributed by atoms with Gasteiger partial charge in [0, 0.05) is 44.6 Å². The van der Waals surface area contributed by atoms with Gasteiger partial charge in [-0.05, 0) is 13.3 Å². The summed E-state index contributed by atoms with van der Waals surface area (Å²) in [5, 5.41) is 0. The van der Waals surface area contributed by atoms with Gasteiger partial charge in [0.15, 0.2) is 0 Å². The molecule has 25 heavy (non-hydrogen) atoms. The molecule has 1 rings (SSSR count). The van der Waals surface area contributed by atoms with Crippen molar-refractivity contribution in [1.29, 1.82) is 0 Å². The summed E-state index contributed by atoms with van der Waals surface area (Å²) >= 11 is 0. The summed E-state index contributed by atoms with van der Waals surface area (Å²) in [7, 11) is 0. The molecule has 8 heteroatoms. The molecule has 0 aromatic carbocycles. The predicted octanol–water partition coefficient (Wildman–Crippen LogP) is 0.580. The van der Waals surface area contributed by atoms with Crippen LogP contribution >= 0.6 is 0 Å². The highest BCUT2D eigenvalue weighted by molar-refractivity contribution is 6.13. The summed E-state index contributed by atoms with van der Waals surface area (Å²) in [6.07, 6.45) is 3.56. The quantitative estimate of drug-likeness (QED) is 0.271. The first-order chi connectivity index (χ1) is 11.9. The monoisotopic (exact) mass is 353 g/mol. The molecule has 2 amide bonds. The zero-order valence-electron chi connectivity index (χ0n) is 14.3. The average Bonchev–Trinajstić information content (AvgIpc) is 2.88. The third-order valence-corrected chi connectivity index (χ3v) is 3.43. The maximum atomic E-state index is 11.7. The van der Waals surface area contributed by atoms with Crippen LogP contribution in [0.15, 0.2) is 12.2 Å². The van der Waals surface area contributed by atoms with E-state index in [1.165, 1.54) is 19.1 Å². The Morgan fingerprint density at radius 1 is 0.920 bits per heavy atom. The van der Waals surface area contributed by atoms with Crippen molar-refractivity contribution in [3.8, 4) is 0 Å². The van der Waals surface area contributed by atoms with Crippen LogP contribution in [-0.4, -0.2) is 60.6 Å². The highest BCUT2D eigenvalue weighted by atomic mass is 16.6. The van der Waals surface area contributed by atoms with Crippen LogP contribution in [0.2, 0.25) is 0 Å². The summed E-state index contributed by atoms with van der Waals surface area (Å²) in [5.74, 6) is -1.33. The van der Waals surface area contributed by atoms with E-state index in [1.807, 2.05) is 0 Å². The van der Waals surface area contributed by atoms with Crippen LogP contribution in [0.1, 0.15) is 39.0 Å². The van der Waals surface area contributed by atoms with E-state index < -0.39 is 5.97 Å². The second kappa shape index (κ2) is 11.2. The molecule has 0 saturated carbocycles. The Hall–Kier alpha value is -2.35. The SMILES string of the molecule is CC(=O)CCC(=O)OCCOCCCC(=O)CCN1C(=O)C=CC1=O. The fourth-order valence-corrected chi connectivity index (χ4v) is 2.05. The number of amides is 2. The topological polar surface area (TPSA) is 107 Å². The molecule has 0 radical (unpaired) electrons. The minimum atomic E-state index is -0.436. The number of ketones is 2. The highest BCUT2D eigenvalue weighted by Crippen LogP contribution is 2.06. The molecule has 0 atom stereocenters. The molecular weight excluding hydrogens is 330 g/mol. The van der Waals surface area contributed by atoms with Crippen molar-refractivity contribution in [2.24, 2.45) is 0 Å². The summed E-state index contributed by atoms with van der Waals surface area (Å²) in [6, 6.07) is 0. The van der Waals surface area contributed by atoms with Gasteiger partial charge in [-0.3, -0.25) is 24.1 Å². The van der Waals surface area contributed by atoms with Crippen molar-refractivity contribution in [3.05, 3.63) is 12.2 Å². The summed E-state index contributed by atoms with van der Waals surface area (Å²) < 4.78 is 10.1. The summed E-state index contributed by atoms with van der Waals surface area (Å²) in [5.41, 5.74) is 0. The lowest BCUT2D eigenvalue weighted by molar-refractivity contribution is -0.146. The zero-order chi connectivity index (χ0) is 18.7. The van der Waals surface area contributed by atoms with Gasteiger partial charge in [0.25, 0.3) is 11.8 Å². The standard InChI is InChI=1S/C17H23NO7/c1-13(19)4-7-17(23)25-12-11-24-10-2-3-14(20)8-9-18-15(21)5-6-16(18)22/h5-6H,2-4,7-12H2,1H3. The van der Waals surface area contributed by atoms with Crippen molar-refractivity contribution < 1.29 is 33.4 Å². The van der Waals surface area contributed by atoms with Crippen LogP contribution in [0.25, 0.3) is 0 Å². The zero-order valence-corrected chi connectivity index (χ0v) is 14.3. The fourth-order valence-electron chi connectivity index (χ4n) is 2.05. The highest BCUT2D eigenvalue weighted by Gasteiger charge is 2.23. The molecule has 0 unspecified atom stereocenters. The molecule has 0 saturated heterocycles. The third-order valence-electron chi connectivity index (χ3n) is 3.43. The Morgan fingerprint density at radius 2 is 1.60 bits per heavy atom. The van der Waals surface area contributed by atoms with Gasteiger partial charge in [-0.1, -0.05) is 0 Å². The normalized spacial score (nSPS) is 13.4. The van der Waals surface area contributed by atoms with Gasteiger partial charge in [-0.15, -0.1) is 0 Å². The molecule has 0 spiro atoms. The van der Waals surface area contributed by atoms with Crippen molar-refractivity contribution in [1.82, 2.24) is 4.90 Å². The van der Waals surface area contributed by atoms with Crippen LogP contribution < -0.4 is 0 Å². The molecule has 0 aromatic heterocycles. The number of nitrogens with zero attached hydrogens (tertiary/aromatic N) is 1. The summed E-state index contributed by atoms with van der Waals surface area (Å²) in [4.78, 5) is 57.3. The second-order valence-electron chi connectivity index (χ2n) is 5.59. The fraction of sp³-hybridized carbons (Fsp3) is 0.588. The Kier molecular flexibility index (Phi) is 9.31. The lowest BCUT2D eigenvalue weighted by Gasteiger charge is -2.12. The van der Waals surface area contributed by atoms with Gasteiger partial charge in [-0.25, -0.2) is 0 Å². The first kappa shape index (κ1) is 20.7. The van der Waals surface area contributed by atoms with Gasteiger partial charge in [0.2, 0.25) is 0 Å². The van der Waals surface area contributed by atoms with Gasteiger partial charge in [0.1, 0.15) is 18.2 Å². The lowest BCUT2D eigenvalue weighted by atomic mass is 10.1. The maximum Gasteiger partial charge on any atom is 0.306 e. The van der Waals surface area contributed by atoms with Gasteiger partial charge in [0.05, 0.1) is 13.0 Å². The molecule has 0 fully saturated rings. The van der Waals surface area contributed by atoms with E-state index in [-0.39, 0.29) is 62.4 Å². The van der Waals surface area contributed by atoms with Crippen molar-refractivity contribution in [2.75, 3.05) is 26.4 Å². The molecule has 8 nitrogen and oxygen atoms in total. The van der Waals surface area contributed by atoms with Crippen molar-refractivity contribution >= 4 is 29.4 Å². The first-order valence-corrected chi connectivity index (χ1v) is 8.18. The third kappa shape index (κ3) is 8.90. The van der Waals surface area contributed by atoms with Gasteiger partial charge in [-0.2, -0.15) is 0 Å². The molecule has 1 heterocycles. The van der Waals surface area contributed by atoms with E-state index in [0.29, 0.717) is 19.4 Å². The smallest absolute Gasteiger partial charge is 0.306 e. The minimum absolute atomic E-state index is 0.0493. The molecule has 0 aliphatic carbocycles. The number of carbonyl (C=O) groups excluding carboxylic acids is 5. The van der Waals surface area contributed by atoms with E-state index in [9.17, 15) is 24.0 Å². The van der Waals surface area contributed by atoms with E-state index in [0.717, 1.165) is 4.90 Å². The van der Waals surface area contributed by atoms with Crippen LogP contribution in [-0.2, 0) is 33.4 Å². The van der Waals surface area contributed by atoms with E-state index in [4.69, 9.17) is 9.47 Å². The molecule has 1 aliphatic heterocycles. The number of esters is 1. The summed E-state index contributed by atoms with van der Waals surface area (Å²) in [6.45, 7) is 2.19. The number of hydrogen-bond acceptors (Lipinski definition) is 7. The molecule has 0 aromatic rings. The number of imide groups is 1. The van der Waals surface area contributed by atoms with Gasteiger partial charge < -0.3 is 14.3 Å². The number of Topliss-reactive ketones (excluding diaryl/α,β-unsaturated/α-hetero) is 2. The lowest BCUT2D eigenvalue weighted by Crippen LogP contribution is -2.32. The largest absolute Gasteiger partial charge is 0.463 e. The van der Waals surface area contributed by atoms with Crippen LogP contribution in [0.3, 0.4) is 0 Å². The predicted molar refractivity (Wildman–Crippen MR) is 86.4 cm³/mol. The van der Waals surface area contributed by atoms with Crippen LogP contribution in [0, 0.1) is 0 Å². The number of ether oxygens (including phenoxy) is 2. The number of hydrogen-bond donors (Lipinski definition) is 0. The number of rotatable bonds is 13. The molecule has 1 aliphatic rings. The van der Waals surface area contributed by atoms with E-state index in [1.54, 1.807) is 0 Å². The molecule has 0 N–H and O–H groups in total. The molecular formula is C17H23NO7. The Bertz CT molecular complexity index is 535. The van der Waals surface area contributed by atoms with Crippen molar-refractivity contribution in [2.45, 2.75) is 39.0 Å². The van der Waals surface area contributed by atoms with E-state index in [2.05, 4.69) is 0 Å². The van der Waals surface area contributed by atoms with E-state index >= 15 is 0 Å². The van der Waals surface area contributed by atoms with Gasteiger partial charge >= 0.3 is 5.97 Å². The second-order valence-corrected chi connectivity index (χ2v) is 5.59. The maximum absolute atomic E-state index is 11.7. The van der Waals surface area contributed by atoms with Crippen LogP contribution in [0.5, 0.6) is 0 Å². The van der Waals surface area contributed by atoms with Crippen LogP contribution in [0.4, 0.5) is 0 Å². The Balaban J connectivity index is 1.96. The number of carbonyl (C=O) groups is 5.